The predicted octanol–water partition coefficient (Wildman–Crippen LogP) is 2.44. The smallest absolute Gasteiger partial charge is 0.161 e. The van der Waals surface area contributed by atoms with E-state index in [9.17, 15) is 4.79 Å². The first-order chi connectivity index (χ1) is 8.11. The summed E-state index contributed by atoms with van der Waals surface area (Å²) in [5, 5.41) is 5.95. The number of hydrogen-bond acceptors (Lipinski definition) is 3. The molecular weight excluding hydrogens is 240 g/mol. The average Bonchev–Trinajstić information content (AvgIpc) is 2.54. The molecule has 1 N–H and O–H groups in total. The molecule has 0 aromatic rings. The summed E-state index contributed by atoms with van der Waals surface area (Å²) < 4.78 is 0. The molecule has 4 atom stereocenters. The van der Waals surface area contributed by atoms with E-state index >= 15 is 0 Å². The van der Waals surface area contributed by atoms with Crippen LogP contribution in [-0.2, 0) is 4.79 Å². The Morgan fingerprint density at radius 1 is 1.28 bits per heavy atom. The number of Topliss-reactive ketones (excluding diaryl/α,β-unsaturated/α-hetero) is 1. The van der Waals surface area contributed by atoms with Gasteiger partial charge in [0.15, 0.2) is 5.78 Å². The molecule has 1 aliphatic heterocycles. The zero-order valence-corrected chi connectivity index (χ0v) is 13.3. The second kappa shape index (κ2) is 3.09. The zero-order chi connectivity index (χ0) is 13.5. The van der Waals surface area contributed by atoms with Gasteiger partial charge in [-0.25, -0.2) is 0 Å². The highest BCUT2D eigenvalue weighted by Crippen LogP contribution is 2.66. The average molecular weight is 264 g/mol. The van der Waals surface area contributed by atoms with Gasteiger partial charge < -0.3 is 0 Å². The van der Waals surface area contributed by atoms with Gasteiger partial charge in [0.2, 0.25) is 0 Å². The summed E-state index contributed by atoms with van der Waals surface area (Å²) in [5.41, 5.74) is 3.31. The molecule has 100 valence electrons. The topological polar surface area (TPSA) is 41.5 Å². The lowest BCUT2D eigenvalue weighted by atomic mass is 9.40. The minimum atomic E-state index is -1.48. The van der Waals surface area contributed by atoms with Crippen molar-refractivity contribution < 1.29 is 4.79 Å². The monoisotopic (exact) mass is 264 g/mol. The normalized spacial score (nSPS) is 44.9. The molecule has 0 aromatic heterocycles. The number of ketones is 1. The Labute approximate surface area is 110 Å². The Morgan fingerprint density at radius 2 is 1.89 bits per heavy atom. The summed E-state index contributed by atoms with van der Waals surface area (Å²) in [4.78, 5) is 12.6. The lowest BCUT2D eigenvalue weighted by Gasteiger charge is -2.64. The molecule has 18 heavy (non-hydrogen) atoms. The number of hydrazone groups is 1. The van der Waals surface area contributed by atoms with E-state index in [2.05, 4.69) is 50.9 Å². The highest BCUT2D eigenvalue weighted by molar-refractivity contribution is 7.05. The van der Waals surface area contributed by atoms with Crippen LogP contribution in [0.15, 0.2) is 5.10 Å². The first-order valence-electron chi connectivity index (χ1n) is 6.99. The molecule has 3 nitrogen and oxygen atoms in total. The lowest BCUT2D eigenvalue weighted by molar-refractivity contribution is -0.167. The highest BCUT2D eigenvalue weighted by Gasteiger charge is 2.71. The van der Waals surface area contributed by atoms with E-state index in [0.717, 1.165) is 6.42 Å². The maximum atomic E-state index is 12.6. The van der Waals surface area contributed by atoms with Gasteiger partial charge in [0.1, 0.15) is 6.04 Å². The van der Waals surface area contributed by atoms with Gasteiger partial charge in [-0.15, -0.1) is 0 Å². The minimum absolute atomic E-state index is 0.0280. The fourth-order valence-corrected chi connectivity index (χ4v) is 7.18. The molecule has 4 rings (SSSR count). The summed E-state index contributed by atoms with van der Waals surface area (Å²) in [6, 6.07) is -0.0454. The van der Waals surface area contributed by atoms with Crippen LogP contribution in [0.2, 0.25) is 19.6 Å². The van der Waals surface area contributed by atoms with Crippen LogP contribution in [-0.4, -0.2) is 25.2 Å². The third-order valence-corrected chi connectivity index (χ3v) is 7.82. The van der Waals surface area contributed by atoms with E-state index in [1.807, 2.05) is 0 Å². The Hall–Kier alpha value is -0.643. The maximum absolute atomic E-state index is 12.6. The number of carbonyl (C=O) groups is 1. The van der Waals surface area contributed by atoms with Crippen molar-refractivity contribution in [2.45, 2.75) is 52.9 Å². The zero-order valence-electron chi connectivity index (χ0n) is 12.3. The van der Waals surface area contributed by atoms with Crippen molar-refractivity contribution in [1.29, 1.82) is 0 Å². The highest BCUT2D eigenvalue weighted by atomic mass is 28.3. The SMILES string of the molecule is CC1(C)C2CC1[C@@]1(C)C([Si](C)(C)C)=NN[C@H]1C2=O. The molecular formula is C14H24N2OSi. The van der Waals surface area contributed by atoms with E-state index in [-0.39, 0.29) is 22.8 Å². The quantitative estimate of drug-likeness (QED) is 0.739. The van der Waals surface area contributed by atoms with Gasteiger partial charge in [-0.05, 0) is 17.8 Å². The van der Waals surface area contributed by atoms with Crippen LogP contribution >= 0.6 is 0 Å². The van der Waals surface area contributed by atoms with Crippen LogP contribution in [0.3, 0.4) is 0 Å². The summed E-state index contributed by atoms with van der Waals surface area (Å²) in [6.45, 7) is 13.8. The largest absolute Gasteiger partial charge is 0.299 e. The molecule has 2 unspecified atom stereocenters. The molecule has 1 heterocycles. The molecule has 0 amide bonds. The molecule has 4 aliphatic rings. The Balaban J connectivity index is 2.10. The van der Waals surface area contributed by atoms with Gasteiger partial charge in [-0.3, -0.25) is 10.2 Å². The van der Waals surface area contributed by atoms with Crippen LogP contribution in [0, 0.1) is 22.7 Å². The third-order valence-electron chi connectivity index (χ3n) is 5.75. The number of nitrogens with zero attached hydrogens (tertiary/aromatic N) is 1. The van der Waals surface area contributed by atoms with E-state index in [1.54, 1.807) is 0 Å². The molecule has 3 aliphatic carbocycles. The Morgan fingerprint density at radius 3 is 2.39 bits per heavy atom. The van der Waals surface area contributed by atoms with Gasteiger partial charge >= 0.3 is 0 Å². The number of nitrogens with one attached hydrogen (secondary N) is 1. The Bertz CT molecular complexity index is 463. The maximum Gasteiger partial charge on any atom is 0.161 e. The molecule has 4 heteroatoms. The molecule has 3 saturated carbocycles. The molecule has 0 aromatic carbocycles. The number of hydrogen-bond donors (Lipinski definition) is 1. The van der Waals surface area contributed by atoms with Crippen molar-refractivity contribution in [1.82, 2.24) is 5.43 Å². The van der Waals surface area contributed by atoms with Gasteiger partial charge in [-0.2, -0.15) is 5.10 Å². The van der Waals surface area contributed by atoms with Crippen LogP contribution in [0.4, 0.5) is 0 Å². The van der Waals surface area contributed by atoms with Crippen LogP contribution < -0.4 is 5.43 Å². The number of rotatable bonds is 1. The van der Waals surface area contributed by atoms with Crippen molar-refractivity contribution >= 4 is 19.2 Å². The van der Waals surface area contributed by atoms with Crippen LogP contribution in [0.25, 0.3) is 0 Å². The standard InChI is InChI=1S/C14H24N2OSi/c1-13(2)8-7-9(13)14(3)11(10(8)17)15-16-12(14)18(4,5)6/h8-9,11,15H,7H2,1-6H3/t8?,9?,11-,14+/m0/s1. The fourth-order valence-electron chi connectivity index (χ4n) is 4.85. The summed E-state index contributed by atoms with van der Waals surface area (Å²) in [6.07, 6.45) is 1.07. The van der Waals surface area contributed by atoms with E-state index in [0.29, 0.717) is 11.7 Å². The van der Waals surface area contributed by atoms with Crippen molar-refractivity contribution in [2.24, 2.45) is 27.8 Å². The van der Waals surface area contributed by atoms with E-state index in [1.165, 1.54) is 5.33 Å². The first-order valence-corrected chi connectivity index (χ1v) is 10.5. The van der Waals surface area contributed by atoms with Crippen molar-refractivity contribution in [3.63, 3.8) is 0 Å². The van der Waals surface area contributed by atoms with Gasteiger partial charge in [0, 0.05) is 16.7 Å². The lowest BCUT2D eigenvalue weighted by Crippen LogP contribution is -2.71. The molecule has 0 radical (unpaired) electrons. The summed E-state index contributed by atoms with van der Waals surface area (Å²) >= 11 is 0. The van der Waals surface area contributed by atoms with Crippen molar-refractivity contribution in [3.8, 4) is 0 Å². The first kappa shape index (κ1) is 12.4. The van der Waals surface area contributed by atoms with Crippen LogP contribution in [0.1, 0.15) is 27.2 Å². The molecule has 0 spiro atoms. The van der Waals surface area contributed by atoms with Crippen LogP contribution in [0.5, 0.6) is 0 Å². The molecule has 3 fully saturated rings. The third kappa shape index (κ3) is 1.15. The second-order valence-corrected chi connectivity index (χ2v) is 13.1. The van der Waals surface area contributed by atoms with Gasteiger partial charge in [-0.1, -0.05) is 40.4 Å². The fraction of sp³-hybridized carbons (Fsp3) is 0.857. The van der Waals surface area contributed by atoms with Crippen molar-refractivity contribution in [2.75, 3.05) is 0 Å². The van der Waals surface area contributed by atoms with Gasteiger partial charge in [0.25, 0.3) is 0 Å². The molecule has 0 saturated heterocycles. The van der Waals surface area contributed by atoms with E-state index < -0.39 is 8.07 Å². The summed E-state index contributed by atoms with van der Waals surface area (Å²) in [5.74, 6) is 1.27. The van der Waals surface area contributed by atoms with Gasteiger partial charge in [0.05, 0.1) is 8.07 Å². The van der Waals surface area contributed by atoms with E-state index in [4.69, 9.17) is 0 Å². The summed E-state index contributed by atoms with van der Waals surface area (Å²) in [7, 11) is -1.48. The molecule has 2 bridgehead atoms. The number of carbonyl (C=O) groups excluding carboxylic acids is 1. The second-order valence-electron chi connectivity index (χ2n) is 8.12. The predicted molar refractivity (Wildman–Crippen MR) is 76.2 cm³/mol. The Kier molecular flexibility index (Phi) is 2.12. The minimum Gasteiger partial charge on any atom is -0.299 e. The van der Waals surface area contributed by atoms with Crippen molar-refractivity contribution in [3.05, 3.63) is 0 Å².